The molecule has 1 aromatic rings. The minimum atomic E-state index is -0.306. The molecule has 0 saturated heterocycles. The summed E-state index contributed by atoms with van der Waals surface area (Å²) in [5.41, 5.74) is 0.858. The van der Waals surface area contributed by atoms with Crippen LogP contribution >= 0.6 is 27.5 Å². The van der Waals surface area contributed by atoms with Gasteiger partial charge >= 0.3 is 0 Å². The minimum absolute atomic E-state index is 0.00803. The Labute approximate surface area is 109 Å². The molecule has 3 nitrogen and oxygen atoms in total. The molecule has 0 aliphatic heterocycles. The molecular formula is C11H15BrClNO2. The average Bonchev–Trinajstić information content (AvgIpc) is 2.24. The van der Waals surface area contributed by atoms with E-state index in [0.29, 0.717) is 5.02 Å². The maximum absolute atomic E-state index is 6.09. The fraction of sp³-hybridized carbons (Fsp3) is 0.455. The van der Waals surface area contributed by atoms with Crippen LogP contribution in [0.2, 0.25) is 5.02 Å². The average molecular weight is 309 g/mol. The first-order valence-corrected chi connectivity index (χ1v) is 6.02. The zero-order chi connectivity index (χ0) is 12.1. The largest absolute Gasteiger partial charge is 0.376 e. The van der Waals surface area contributed by atoms with Crippen molar-refractivity contribution in [3.05, 3.63) is 27.7 Å². The number of halogens is 2. The van der Waals surface area contributed by atoms with E-state index >= 15 is 0 Å². The van der Waals surface area contributed by atoms with Crippen LogP contribution in [0.3, 0.4) is 0 Å². The van der Waals surface area contributed by atoms with Crippen LogP contribution in [0, 0.1) is 0 Å². The summed E-state index contributed by atoms with van der Waals surface area (Å²) in [6, 6.07) is 5.68. The van der Waals surface area contributed by atoms with Crippen molar-refractivity contribution in [2.75, 3.05) is 19.5 Å². The summed E-state index contributed by atoms with van der Waals surface area (Å²) < 4.78 is 11.3. The van der Waals surface area contributed by atoms with Crippen LogP contribution in [-0.4, -0.2) is 26.6 Å². The molecule has 1 atom stereocenters. The third-order valence-corrected chi connectivity index (χ3v) is 2.99. The Bertz CT molecular complexity index is 345. The summed E-state index contributed by atoms with van der Waals surface area (Å²) in [5, 5.41) is 3.90. The third-order valence-electron chi connectivity index (χ3n) is 2.19. The molecule has 0 spiro atoms. The molecule has 1 rings (SSSR count). The van der Waals surface area contributed by atoms with Crippen LogP contribution < -0.4 is 5.32 Å². The van der Waals surface area contributed by atoms with Crippen LogP contribution in [0.1, 0.15) is 6.92 Å². The van der Waals surface area contributed by atoms with E-state index in [4.69, 9.17) is 21.1 Å². The van der Waals surface area contributed by atoms with Crippen molar-refractivity contribution in [3.63, 3.8) is 0 Å². The number of benzene rings is 1. The van der Waals surface area contributed by atoms with Crippen molar-refractivity contribution in [2.24, 2.45) is 0 Å². The van der Waals surface area contributed by atoms with E-state index in [2.05, 4.69) is 21.2 Å². The van der Waals surface area contributed by atoms with Gasteiger partial charge in [0.15, 0.2) is 6.29 Å². The number of anilines is 1. The second-order valence-electron chi connectivity index (χ2n) is 3.40. The van der Waals surface area contributed by atoms with Gasteiger partial charge in [-0.2, -0.15) is 0 Å². The van der Waals surface area contributed by atoms with Gasteiger partial charge in [-0.1, -0.05) is 27.5 Å². The van der Waals surface area contributed by atoms with E-state index < -0.39 is 0 Å². The molecule has 0 aliphatic carbocycles. The highest BCUT2D eigenvalue weighted by molar-refractivity contribution is 9.10. The molecule has 0 radical (unpaired) electrons. The predicted molar refractivity (Wildman–Crippen MR) is 70.0 cm³/mol. The van der Waals surface area contributed by atoms with Gasteiger partial charge < -0.3 is 14.8 Å². The van der Waals surface area contributed by atoms with E-state index in [-0.39, 0.29) is 12.3 Å². The van der Waals surface area contributed by atoms with Gasteiger partial charge in [0.1, 0.15) is 0 Å². The third kappa shape index (κ3) is 3.63. The number of ether oxygens (including phenoxy) is 2. The number of rotatable bonds is 5. The second kappa shape index (κ2) is 6.45. The lowest BCUT2D eigenvalue weighted by atomic mass is 10.2. The fourth-order valence-electron chi connectivity index (χ4n) is 1.42. The Hall–Kier alpha value is -0.290. The highest BCUT2D eigenvalue weighted by atomic mass is 79.9. The molecule has 16 heavy (non-hydrogen) atoms. The van der Waals surface area contributed by atoms with Gasteiger partial charge in [-0.05, 0) is 25.1 Å². The standard InChI is InChI=1S/C11H15BrClNO2/c1-7(11(15-2)16-3)14-10-5-4-8(12)6-9(10)13/h4-7,11,14H,1-3H3. The van der Waals surface area contributed by atoms with E-state index in [9.17, 15) is 0 Å². The number of hydrogen-bond acceptors (Lipinski definition) is 3. The highest BCUT2D eigenvalue weighted by Gasteiger charge is 2.16. The van der Waals surface area contributed by atoms with Gasteiger partial charge in [0.05, 0.1) is 16.8 Å². The van der Waals surface area contributed by atoms with E-state index in [0.717, 1.165) is 10.2 Å². The molecule has 1 N–H and O–H groups in total. The van der Waals surface area contributed by atoms with Crippen LogP contribution in [0.15, 0.2) is 22.7 Å². The van der Waals surface area contributed by atoms with Gasteiger partial charge in [0, 0.05) is 18.7 Å². The Morgan fingerprint density at radius 3 is 2.44 bits per heavy atom. The van der Waals surface area contributed by atoms with E-state index in [1.807, 2.05) is 25.1 Å². The van der Waals surface area contributed by atoms with Crippen molar-refractivity contribution in [1.82, 2.24) is 0 Å². The molecule has 1 unspecified atom stereocenters. The molecule has 1 aromatic carbocycles. The smallest absolute Gasteiger partial charge is 0.176 e. The first kappa shape index (κ1) is 13.8. The van der Waals surface area contributed by atoms with E-state index in [1.165, 1.54) is 0 Å². The van der Waals surface area contributed by atoms with Crippen LogP contribution in [-0.2, 0) is 9.47 Å². The van der Waals surface area contributed by atoms with Crippen LogP contribution in [0.4, 0.5) is 5.69 Å². The van der Waals surface area contributed by atoms with Gasteiger partial charge in [-0.3, -0.25) is 0 Å². The molecule has 90 valence electrons. The lowest BCUT2D eigenvalue weighted by Gasteiger charge is -2.23. The van der Waals surface area contributed by atoms with Crippen molar-refractivity contribution in [1.29, 1.82) is 0 Å². The van der Waals surface area contributed by atoms with Crippen molar-refractivity contribution in [2.45, 2.75) is 19.3 Å². The van der Waals surface area contributed by atoms with Crippen molar-refractivity contribution < 1.29 is 9.47 Å². The molecule has 0 aliphatic rings. The Balaban J connectivity index is 2.72. The van der Waals surface area contributed by atoms with E-state index in [1.54, 1.807) is 14.2 Å². The zero-order valence-corrected chi connectivity index (χ0v) is 11.8. The molecule has 0 saturated carbocycles. The quantitative estimate of drug-likeness (QED) is 0.844. The summed E-state index contributed by atoms with van der Waals surface area (Å²) in [6.07, 6.45) is -0.306. The van der Waals surface area contributed by atoms with Crippen molar-refractivity contribution in [3.8, 4) is 0 Å². The first-order chi connectivity index (χ1) is 7.58. The summed E-state index contributed by atoms with van der Waals surface area (Å²) in [5.74, 6) is 0. The molecular weight excluding hydrogens is 293 g/mol. The zero-order valence-electron chi connectivity index (χ0n) is 9.46. The Morgan fingerprint density at radius 1 is 1.31 bits per heavy atom. The summed E-state index contributed by atoms with van der Waals surface area (Å²) in [4.78, 5) is 0. The van der Waals surface area contributed by atoms with Gasteiger partial charge in [0.25, 0.3) is 0 Å². The molecule has 0 heterocycles. The van der Waals surface area contributed by atoms with Gasteiger partial charge in [-0.15, -0.1) is 0 Å². The Morgan fingerprint density at radius 2 is 1.94 bits per heavy atom. The lowest BCUT2D eigenvalue weighted by molar-refractivity contribution is -0.109. The lowest BCUT2D eigenvalue weighted by Crippen LogP contribution is -2.33. The van der Waals surface area contributed by atoms with Crippen LogP contribution in [0.5, 0.6) is 0 Å². The number of hydrogen-bond donors (Lipinski definition) is 1. The summed E-state index contributed by atoms with van der Waals surface area (Å²) in [6.45, 7) is 1.97. The molecule has 0 aromatic heterocycles. The van der Waals surface area contributed by atoms with Gasteiger partial charge in [0.2, 0.25) is 0 Å². The second-order valence-corrected chi connectivity index (χ2v) is 4.72. The van der Waals surface area contributed by atoms with Gasteiger partial charge in [-0.25, -0.2) is 0 Å². The molecule has 0 amide bonds. The van der Waals surface area contributed by atoms with Crippen LogP contribution in [0.25, 0.3) is 0 Å². The van der Waals surface area contributed by atoms with Crippen molar-refractivity contribution >= 4 is 33.2 Å². The summed E-state index contributed by atoms with van der Waals surface area (Å²) >= 11 is 9.45. The minimum Gasteiger partial charge on any atom is -0.376 e. The maximum Gasteiger partial charge on any atom is 0.176 e. The number of nitrogens with one attached hydrogen (secondary N) is 1. The normalized spacial score (nSPS) is 12.9. The highest BCUT2D eigenvalue weighted by Crippen LogP contribution is 2.26. The predicted octanol–water partition coefficient (Wildman–Crippen LogP) is 3.52. The topological polar surface area (TPSA) is 30.5 Å². The SMILES string of the molecule is COC(OC)C(C)Nc1ccc(Br)cc1Cl. The molecule has 0 fully saturated rings. The maximum atomic E-state index is 6.09. The fourth-order valence-corrected chi connectivity index (χ4v) is 2.15. The summed E-state index contributed by atoms with van der Waals surface area (Å²) in [7, 11) is 3.21. The first-order valence-electron chi connectivity index (χ1n) is 4.85. The monoisotopic (exact) mass is 307 g/mol. The Kier molecular flexibility index (Phi) is 5.55. The molecule has 0 bridgehead atoms. The number of methoxy groups -OCH3 is 2. The molecule has 5 heteroatoms.